The van der Waals surface area contributed by atoms with Crippen molar-refractivity contribution in [3.8, 4) is 0 Å². The van der Waals surface area contributed by atoms with Crippen molar-refractivity contribution in [1.82, 2.24) is 20.4 Å². The van der Waals surface area contributed by atoms with Crippen LogP contribution in [0.25, 0.3) is 0 Å². The number of unbranched alkanes of at least 4 members (excludes halogenated alkanes) is 1. The third-order valence-corrected chi connectivity index (χ3v) is 10.4. The molecular formula is C43H50N4O4. The average Bonchev–Trinajstić information content (AvgIpc) is 3.18. The second kappa shape index (κ2) is 17.8. The number of alkyl carbamates (subject to hydrolysis) is 1. The van der Waals surface area contributed by atoms with Crippen molar-refractivity contribution in [3.05, 3.63) is 144 Å². The maximum absolute atomic E-state index is 14.6. The molecule has 266 valence electrons. The Labute approximate surface area is 302 Å². The Balaban J connectivity index is 1.11. The summed E-state index contributed by atoms with van der Waals surface area (Å²) in [5.74, 6) is -0.132. The fraction of sp³-hybridized carbons (Fsp3) is 0.372. The Morgan fingerprint density at radius 1 is 0.765 bits per heavy atom. The van der Waals surface area contributed by atoms with Gasteiger partial charge in [-0.3, -0.25) is 9.59 Å². The highest BCUT2D eigenvalue weighted by molar-refractivity contribution is 6.00. The molecule has 1 spiro atoms. The molecule has 2 saturated heterocycles. The second-order valence-corrected chi connectivity index (χ2v) is 13.8. The SMILES string of the molecule is O=C(NCCCCC1NC(=O)C2(CCN(CCCc3ccccc3)CC2)N(CC(c2ccccc2)c2ccccc2)C1=O)OCc1ccccc1. The normalized spacial score (nSPS) is 17.4. The summed E-state index contributed by atoms with van der Waals surface area (Å²) in [6, 6.07) is 40.1. The van der Waals surface area contributed by atoms with Crippen LogP contribution in [0.5, 0.6) is 0 Å². The summed E-state index contributed by atoms with van der Waals surface area (Å²) < 4.78 is 5.32. The van der Waals surface area contributed by atoms with Crippen LogP contribution in [-0.4, -0.2) is 72.0 Å². The maximum atomic E-state index is 14.6. The number of nitrogens with one attached hydrogen (secondary N) is 2. The van der Waals surface area contributed by atoms with E-state index in [9.17, 15) is 14.4 Å². The number of nitrogens with zero attached hydrogens (tertiary/aromatic N) is 2. The number of aryl methyl sites for hydroxylation is 1. The van der Waals surface area contributed by atoms with E-state index in [0.29, 0.717) is 45.2 Å². The van der Waals surface area contributed by atoms with Crippen LogP contribution in [0.2, 0.25) is 0 Å². The van der Waals surface area contributed by atoms with Crippen LogP contribution in [0.4, 0.5) is 4.79 Å². The minimum absolute atomic E-state index is 0.0146. The van der Waals surface area contributed by atoms with Gasteiger partial charge in [0.25, 0.3) is 0 Å². The summed E-state index contributed by atoms with van der Waals surface area (Å²) in [6.45, 7) is 3.58. The zero-order valence-electron chi connectivity index (χ0n) is 29.4. The fourth-order valence-electron chi connectivity index (χ4n) is 7.53. The van der Waals surface area contributed by atoms with Crippen molar-refractivity contribution in [2.45, 2.75) is 69.1 Å². The molecule has 2 fully saturated rings. The number of piperazine rings is 1. The summed E-state index contributed by atoms with van der Waals surface area (Å²) >= 11 is 0. The first-order chi connectivity index (χ1) is 25.0. The first-order valence-electron chi connectivity index (χ1n) is 18.4. The van der Waals surface area contributed by atoms with Gasteiger partial charge in [-0.2, -0.15) is 0 Å². The monoisotopic (exact) mass is 686 g/mol. The first kappa shape index (κ1) is 35.9. The molecule has 3 amide bonds. The Bertz CT molecular complexity index is 1640. The molecule has 2 heterocycles. The molecule has 0 saturated carbocycles. The number of hydrogen-bond donors (Lipinski definition) is 2. The van der Waals surface area contributed by atoms with Crippen LogP contribution in [0.15, 0.2) is 121 Å². The van der Waals surface area contributed by atoms with Gasteiger partial charge in [-0.05, 0) is 73.7 Å². The number of piperidine rings is 1. The highest BCUT2D eigenvalue weighted by Crippen LogP contribution is 2.37. The first-order valence-corrected chi connectivity index (χ1v) is 18.4. The number of rotatable bonds is 15. The Morgan fingerprint density at radius 2 is 1.33 bits per heavy atom. The molecule has 4 aromatic carbocycles. The van der Waals surface area contributed by atoms with Gasteiger partial charge in [-0.1, -0.05) is 121 Å². The van der Waals surface area contributed by atoms with E-state index in [4.69, 9.17) is 4.74 Å². The number of carbonyl (C=O) groups is 3. The van der Waals surface area contributed by atoms with Crippen molar-refractivity contribution in [3.63, 3.8) is 0 Å². The summed E-state index contributed by atoms with van der Waals surface area (Å²) in [4.78, 5) is 45.4. The molecule has 6 rings (SSSR count). The third-order valence-electron chi connectivity index (χ3n) is 10.4. The number of likely N-dealkylation sites (tertiary alicyclic amines) is 1. The van der Waals surface area contributed by atoms with Gasteiger partial charge in [0, 0.05) is 32.1 Å². The summed E-state index contributed by atoms with van der Waals surface area (Å²) in [5.41, 5.74) is 3.62. The van der Waals surface area contributed by atoms with E-state index in [1.54, 1.807) is 0 Å². The third kappa shape index (κ3) is 9.44. The van der Waals surface area contributed by atoms with E-state index >= 15 is 0 Å². The number of ether oxygens (including phenoxy) is 1. The van der Waals surface area contributed by atoms with Gasteiger partial charge >= 0.3 is 6.09 Å². The van der Waals surface area contributed by atoms with Crippen LogP contribution >= 0.6 is 0 Å². The topological polar surface area (TPSA) is 91.0 Å². The summed E-state index contributed by atoms with van der Waals surface area (Å²) in [6.07, 6.45) is 4.67. The maximum Gasteiger partial charge on any atom is 0.407 e. The molecule has 8 nitrogen and oxygen atoms in total. The van der Waals surface area contributed by atoms with Crippen molar-refractivity contribution in [1.29, 1.82) is 0 Å². The number of carbonyl (C=O) groups excluding carboxylic acids is 3. The van der Waals surface area contributed by atoms with Gasteiger partial charge in [0.05, 0.1) is 0 Å². The van der Waals surface area contributed by atoms with Crippen LogP contribution in [0.3, 0.4) is 0 Å². The lowest BCUT2D eigenvalue weighted by Gasteiger charge is -2.52. The van der Waals surface area contributed by atoms with Crippen molar-refractivity contribution < 1.29 is 19.1 Å². The molecule has 2 aliphatic heterocycles. The van der Waals surface area contributed by atoms with Gasteiger partial charge in [0.2, 0.25) is 11.8 Å². The molecule has 0 aliphatic carbocycles. The highest BCUT2D eigenvalue weighted by atomic mass is 16.5. The predicted molar refractivity (Wildman–Crippen MR) is 200 cm³/mol. The van der Waals surface area contributed by atoms with Gasteiger partial charge < -0.3 is 25.2 Å². The van der Waals surface area contributed by atoms with Gasteiger partial charge in [-0.15, -0.1) is 0 Å². The van der Waals surface area contributed by atoms with Crippen molar-refractivity contribution in [2.24, 2.45) is 0 Å². The van der Waals surface area contributed by atoms with Gasteiger partial charge in [0.15, 0.2) is 0 Å². The lowest BCUT2D eigenvalue weighted by Crippen LogP contribution is -2.73. The summed E-state index contributed by atoms with van der Waals surface area (Å²) in [7, 11) is 0. The van der Waals surface area contributed by atoms with E-state index in [2.05, 4.69) is 64.1 Å². The molecule has 2 N–H and O–H groups in total. The smallest absolute Gasteiger partial charge is 0.407 e. The Morgan fingerprint density at radius 3 is 1.94 bits per heavy atom. The fourth-order valence-corrected chi connectivity index (χ4v) is 7.53. The van der Waals surface area contributed by atoms with Crippen LogP contribution in [0.1, 0.15) is 66.7 Å². The van der Waals surface area contributed by atoms with Gasteiger partial charge in [-0.25, -0.2) is 4.79 Å². The van der Waals surface area contributed by atoms with Crippen molar-refractivity contribution in [2.75, 3.05) is 32.7 Å². The van der Waals surface area contributed by atoms with Gasteiger partial charge in [0.1, 0.15) is 18.2 Å². The zero-order valence-corrected chi connectivity index (χ0v) is 29.4. The molecule has 0 bridgehead atoms. The molecule has 51 heavy (non-hydrogen) atoms. The molecule has 1 unspecified atom stereocenters. The standard InChI is InChI=1S/C43H50N4O4/c48-40-39(25-13-14-28-44-42(50)51-33-35-18-7-2-8-19-35)45-41(49)43(26-30-46(31-27-43)29-15-20-34-16-5-1-6-17-34)47(40)32-38(36-21-9-3-10-22-36)37-23-11-4-12-24-37/h1-12,16-19,21-24,38-39H,13-15,20,25-33H2,(H,44,50)(H,45,49). The van der Waals surface area contributed by atoms with Crippen LogP contribution in [-0.2, 0) is 27.4 Å². The molecule has 0 radical (unpaired) electrons. The summed E-state index contributed by atoms with van der Waals surface area (Å²) in [5, 5.41) is 5.97. The van der Waals surface area contributed by atoms with E-state index in [1.165, 1.54) is 5.56 Å². The lowest BCUT2D eigenvalue weighted by molar-refractivity contribution is -0.161. The average molecular weight is 687 g/mol. The van der Waals surface area contributed by atoms with E-state index in [-0.39, 0.29) is 24.3 Å². The molecular weight excluding hydrogens is 636 g/mol. The van der Waals surface area contributed by atoms with E-state index in [0.717, 1.165) is 49.2 Å². The highest BCUT2D eigenvalue weighted by Gasteiger charge is 2.53. The number of benzene rings is 4. The quantitative estimate of drug-likeness (QED) is 0.136. The van der Waals surface area contributed by atoms with E-state index < -0.39 is 17.7 Å². The number of amides is 3. The molecule has 1 atom stereocenters. The second-order valence-electron chi connectivity index (χ2n) is 13.8. The Hall–Kier alpha value is -4.95. The lowest BCUT2D eigenvalue weighted by atomic mass is 9.79. The zero-order chi connectivity index (χ0) is 35.3. The largest absolute Gasteiger partial charge is 0.445 e. The molecule has 0 aromatic heterocycles. The van der Waals surface area contributed by atoms with Crippen LogP contribution in [0, 0.1) is 0 Å². The predicted octanol–water partition coefficient (Wildman–Crippen LogP) is 6.71. The van der Waals surface area contributed by atoms with E-state index in [1.807, 2.05) is 77.7 Å². The van der Waals surface area contributed by atoms with Crippen LogP contribution < -0.4 is 10.6 Å². The molecule has 2 aliphatic rings. The van der Waals surface area contributed by atoms with Crippen molar-refractivity contribution >= 4 is 17.9 Å². The minimum atomic E-state index is -0.893. The molecule has 4 aromatic rings. The Kier molecular flexibility index (Phi) is 12.5. The number of hydrogen-bond acceptors (Lipinski definition) is 5. The molecule has 8 heteroatoms. The minimum Gasteiger partial charge on any atom is -0.445 e.